The molecule has 1 heterocycles. The third-order valence-corrected chi connectivity index (χ3v) is 4.41. The molecule has 1 N–H and O–H groups in total. The van der Waals surface area contributed by atoms with E-state index in [1.165, 1.54) is 32.4 Å². The van der Waals surface area contributed by atoms with Crippen molar-refractivity contribution >= 4 is 0 Å². The van der Waals surface area contributed by atoms with E-state index in [9.17, 15) is 5.11 Å². The van der Waals surface area contributed by atoms with Gasteiger partial charge in [0.2, 0.25) is 0 Å². The number of hydrogen-bond acceptors (Lipinski definition) is 2. The Balaban J connectivity index is 1.99. The van der Waals surface area contributed by atoms with Crippen LogP contribution in [0.15, 0.2) is 0 Å². The van der Waals surface area contributed by atoms with Crippen molar-refractivity contribution in [3.8, 4) is 0 Å². The summed E-state index contributed by atoms with van der Waals surface area (Å²) in [6.07, 6.45) is 4.69. The minimum Gasteiger partial charge on any atom is -0.391 e. The Morgan fingerprint density at radius 2 is 1.50 bits per heavy atom. The predicted molar refractivity (Wildman–Crippen MR) is 67.3 cm³/mol. The van der Waals surface area contributed by atoms with Gasteiger partial charge in [-0.1, -0.05) is 20.8 Å². The fraction of sp³-hybridized carbons (Fsp3) is 1.00. The summed E-state index contributed by atoms with van der Waals surface area (Å²) in [4.78, 5) is 2.57. The van der Waals surface area contributed by atoms with Crippen LogP contribution in [0.1, 0.15) is 46.5 Å². The summed E-state index contributed by atoms with van der Waals surface area (Å²) in [6, 6.07) is 0.439. The number of likely N-dealkylation sites (tertiary alicyclic amines) is 1. The monoisotopic (exact) mass is 225 g/mol. The average molecular weight is 225 g/mol. The van der Waals surface area contributed by atoms with Gasteiger partial charge in [-0.25, -0.2) is 0 Å². The van der Waals surface area contributed by atoms with Gasteiger partial charge in [-0.05, 0) is 43.4 Å². The lowest BCUT2D eigenvalue weighted by atomic mass is 9.81. The number of aliphatic hydroxyl groups excluding tert-OH is 1. The Morgan fingerprint density at radius 1 is 0.875 bits per heavy atom. The van der Waals surface area contributed by atoms with Gasteiger partial charge in [-0.15, -0.1) is 0 Å². The van der Waals surface area contributed by atoms with Crippen molar-refractivity contribution in [1.29, 1.82) is 0 Å². The highest BCUT2D eigenvalue weighted by Crippen LogP contribution is 2.31. The van der Waals surface area contributed by atoms with Gasteiger partial charge < -0.3 is 5.11 Å². The van der Waals surface area contributed by atoms with Crippen LogP contribution in [0.5, 0.6) is 0 Å². The first-order chi connectivity index (χ1) is 7.56. The molecule has 0 aromatic heterocycles. The van der Waals surface area contributed by atoms with E-state index < -0.39 is 0 Å². The molecule has 2 rings (SSSR count). The molecule has 0 aromatic carbocycles. The molecular weight excluding hydrogens is 198 g/mol. The molecule has 1 aliphatic carbocycles. The van der Waals surface area contributed by atoms with Crippen molar-refractivity contribution in [2.45, 2.75) is 58.6 Å². The van der Waals surface area contributed by atoms with E-state index in [1.807, 2.05) is 0 Å². The molecule has 1 saturated carbocycles. The van der Waals surface area contributed by atoms with E-state index in [0.717, 1.165) is 24.2 Å². The molecule has 0 radical (unpaired) electrons. The minimum absolute atomic E-state index is 0.0753. The molecule has 1 saturated heterocycles. The molecule has 0 aromatic rings. The van der Waals surface area contributed by atoms with E-state index in [-0.39, 0.29) is 6.10 Å². The van der Waals surface area contributed by atoms with Gasteiger partial charge in [0.15, 0.2) is 0 Å². The molecule has 94 valence electrons. The Bertz CT molecular complexity index is 221. The standard InChI is InChI=1S/C14H27NO/c1-10-4-5-14(16)13(7-10)15-8-11(2)6-12(3)9-15/h10-14,16H,4-9H2,1-3H3. The van der Waals surface area contributed by atoms with Crippen LogP contribution in [0.4, 0.5) is 0 Å². The lowest BCUT2D eigenvalue weighted by Gasteiger charge is -2.45. The fourth-order valence-electron chi connectivity index (χ4n) is 3.71. The molecule has 16 heavy (non-hydrogen) atoms. The molecule has 0 spiro atoms. The molecule has 5 unspecified atom stereocenters. The van der Waals surface area contributed by atoms with Crippen LogP contribution in [0.2, 0.25) is 0 Å². The minimum atomic E-state index is -0.0753. The van der Waals surface area contributed by atoms with Crippen LogP contribution >= 0.6 is 0 Å². The summed E-state index contributed by atoms with van der Waals surface area (Å²) in [5.41, 5.74) is 0. The fourth-order valence-corrected chi connectivity index (χ4v) is 3.71. The molecule has 2 heteroatoms. The lowest BCUT2D eigenvalue weighted by molar-refractivity contribution is -0.0204. The average Bonchev–Trinajstić information content (AvgIpc) is 2.20. The first kappa shape index (κ1) is 12.4. The van der Waals surface area contributed by atoms with Crippen molar-refractivity contribution < 1.29 is 5.11 Å². The van der Waals surface area contributed by atoms with E-state index in [2.05, 4.69) is 25.7 Å². The Morgan fingerprint density at radius 3 is 2.12 bits per heavy atom. The van der Waals surface area contributed by atoms with Gasteiger partial charge in [0.05, 0.1) is 6.10 Å². The second-order valence-electron chi connectivity index (χ2n) is 6.45. The predicted octanol–water partition coefficient (Wildman–Crippen LogP) is 2.51. The molecule has 5 atom stereocenters. The van der Waals surface area contributed by atoms with Crippen molar-refractivity contribution in [3.63, 3.8) is 0 Å². The summed E-state index contributed by atoms with van der Waals surface area (Å²) >= 11 is 0. The van der Waals surface area contributed by atoms with E-state index >= 15 is 0 Å². The third-order valence-electron chi connectivity index (χ3n) is 4.41. The highest BCUT2D eigenvalue weighted by molar-refractivity contribution is 4.88. The maximum atomic E-state index is 10.2. The summed E-state index contributed by atoms with van der Waals surface area (Å²) in [6.45, 7) is 9.41. The van der Waals surface area contributed by atoms with Gasteiger partial charge in [0.1, 0.15) is 0 Å². The summed E-state index contributed by atoms with van der Waals surface area (Å²) in [5.74, 6) is 2.39. The second-order valence-corrected chi connectivity index (χ2v) is 6.45. The highest BCUT2D eigenvalue weighted by atomic mass is 16.3. The maximum Gasteiger partial charge on any atom is 0.0695 e. The maximum absolute atomic E-state index is 10.2. The smallest absolute Gasteiger partial charge is 0.0695 e. The molecular formula is C14H27NO. The van der Waals surface area contributed by atoms with Crippen LogP contribution in [-0.2, 0) is 0 Å². The van der Waals surface area contributed by atoms with E-state index in [1.54, 1.807) is 0 Å². The zero-order valence-electron chi connectivity index (χ0n) is 11.0. The van der Waals surface area contributed by atoms with E-state index in [4.69, 9.17) is 0 Å². The molecule has 1 aliphatic heterocycles. The SMILES string of the molecule is CC1CCC(O)C(N2CC(C)CC(C)C2)C1. The Kier molecular flexibility index (Phi) is 3.91. The van der Waals surface area contributed by atoms with Crippen LogP contribution in [0.25, 0.3) is 0 Å². The number of piperidine rings is 1. The van der Waals surface area contributed by atoms with Crippen LogP contribution in [0, 0.1) is 17.8 Å². The normalized spacial score (nSPS) is 46.9. The van der Waals surface area contributed by atoms with Gasteiger partial charge in [-0.3, -0.25) is 4.90 Å². The van der Waals surface area contributed by atoms with Gasteiger partial charge >= 0.3 is 0 Å². The van der Waals surface area contributed by atoms with Crippen LogP contribution < -0.4 is 0 Å². The van der Waals surface area contributed by atoms with Crippen molar-refractivity contribution in [3.05, 3.63) is 0 Å². The number of nitrogens with zero attached hydrogens (tertiary/aromatic N) is 1. The highest BCUT2D eigenvalue weighted by Gasteiger charge is 2.34. The first-order valence-electron chi connectivity index (χ1n) is 6.98. The summed E-state index contributed by atoms with van der Waals surface area (Å²) in [7, 11) is 0. The lowest BCUT2D eigenvalue weighted by Crippen LogP contribution is -2.52. The van der Waals surface area contributed by atoms with Crippen LogP contribution in [-0.4, -0.2) is 35.2 Å². The van der Waals surface area contributed by atoms with Crippen LogP contribution in [0.3, 0.4) is 0 Å². The summed E-state index contributed by atoms with van der Waals surface area (Å²) < 4.78 is 0. The van der Waals surface area contributed by atoms with Gasteiger partial charge in [-0.2, -0.15) is 0 Å². The number of aliphatic hydroxyl groups is 1. The third kappa shape index (κ3) is 2.78. The molecule has 0 amide bonds. The quantitative estimate of drug-likeness (QED) is 0.741. The van der Waals surface area contributed by atoms with Gasteiger partial charge in [0, 0.05) is 19.1 Å². The topological polar surface area (TPSA) is 23.5 Å². The molecule has 0 bridgehead atoms. The molecule has 2 aliphatic rings. The van der Waals surface area contributed by atoms with Crippen molar-refractivity contribution in [1.82, 2.24) is 4.90 Å². The number of rotatable bonds is 1. The van der Waals surface area contributed by atoms with Gasteiger partial charge in [0.25, 0.3) is 0 Å². The zero-order valence-corrected chi connectivity index (χ0v) is 11.0. The molecule has 2 nitrogen and oxygen atoms in total. The first-order valence-corrected chi connectivity index (χ1v) is 6.98. The Labute approximate surface area is 100 Å². The second kappa shape index (κ2) is 5.05. The zero-order chi connectivity index (χ0) is 11.7. The Hall–Kier alpha value is -0.0800. The van der Waals surface area contributed by atoms with Crippen molar-refractivity contribution in [2.24, 2.45) is 17.8 Å². The molecule has 2 fully saturated rings. The number of hydrogen-bond donors (Lipinski definition) is 1. The van der Waals surface area contributed by atoms with Crippen molar-refractivity contribution in [2.75, 3.05) is 13.1 Å². The van der Waals surface area contributed by atoms with E-state index in [0.29, 0.717) is 6.04 Å². The largest absolute Gasteiger partial charge is 0.391 e. The summed E-state index contributed by atoms with van der Waals surface area (Å²) in [5, 5.41) is 10.2.